The number of imidazole rings is 1. The average Bonchev–Trinajstić information content (AvgIpc) is 2.57. The zero-order valence-corrected chi connectivity index (χ0v) is 11.5. The molecule has 0 amide bonds. The molecule has 0 atom stereocenters. The number of hydrogen-bond acceptors (Lipinski definition) is 5. The van der Waals surface area contributed by atoms with Crippen LogP contribution in [0.4, 0.5) is 0 Å². The lowest BCUT2D eigenvalue weighted by molar-refractivity contribution is -2.00. The SMILES string of the molecule is CC(C)n1cc[n+](C(C)C)c1C=O.[O-][Cl+3]([O-])([O-])[O-]. The molecule has 0 fully saturated rings. The van der Waals surface area contributed by atoms with Crippen molar-refractivity contribution in [2.45, 2.75) is 39.8 Å². The fraction of sp³-hybridized carbons (Fsp3) is 0.600. The monoisotopic (exact) mass is 280 g/mol. The summed E-state index contributed by atoms with van der Waals surface area (Å²) in [4.78, 5) is 10.9. The second kappa shape index (κ2) is 6.81. The van der Waals surface area contributed by atoms with Gasteiger partial charge in [0.05, 0.1) is 12.1 Å². The van der Waals surface area contributed by atoms with E-state index >= 15 is 0 Å². The van der Waals surface area contributed by atoms with Crippen molar-refractivity contribution in [2.75, 3.05) is 0 Å². The van der Waals surface area contributed by atoms with Crippen molar-refractivity contribution < 1.29 is 38.2 Å². The lowest BCUT2D eigenvalue weighted by atomic mass is 10.3. The van der Waals surface area contributed by atoms with Crippen molar-refractivity contribution in [1.29, 1.82) is 0 Å². The molecule has 18 heavy (non-hydrogen) atoms. The average molecular weight is 281 g/mol. The number of carbonyl (C=O) groups is 1. The number of aldehydes is 1. The van der Waals surface area contributed by atoms with Gasteiger partial charge in [-0.25, -0.2) is 27.8 Å². The van der Waals surface area contributed by atoms with Crippen LogP contribution in [0.15, 0.2) is 12.4 Å². The van der Waals surface area contributed by atoms with Crippen LogP contribution < -0.4 is 23.2 Å². The first-order chi connectivity index (χ1) is 8.07. The van der Waals surface area contributed by atoms with E-state index in [-0.39, 0.29) is 0 Å². The molecule has 0 radical (unpaired) electrons. The van der Waals surface area contributed by atoms with E-state index in [4.69, 9.17) is 18.6 Å². The maximum atomic E-state index is 10.9. The highest BCUT2D eigenvalue weighted by molar-refractivity contribution is 5.67. The quantitative estimate of drug-likeness (QED) is 0.432. The van der Waals surface area contributed by atoms with Gasteiger partial charge in [0.25, 0.3) is 0 Å². The Morgan fingerprint density at radius 2 is 1.67 bits per heavy atom. The molecule has 1 aromatic rings. The fourth-order valence-corrected chi connectivity index (χ4v) is 1.42. The molecule has 1 rings (SSSR count). The first-order valence-electron chi connectivity index (χ1n) is 5.26. The minimum atomic E-state index is -4.94. The van der Waals surface area contributed by atoms with Gasteiger partial charge in [0.1, 0.15) is 12.4 Å². The Labute approximate surface area is 108 Å². The maximum absolute atomic E-state index is 10.9. The summed E-state index contributed by atoms with van der Waals surface area (Å²) in [6.45, 7) is 8.27. The number of halogens is 1. The van der Waals surface area contributed by atoms with Crippen molar-refractivity contribution in [3.8, 4) is 0 Å². The second-order valence-electron chi connectivity index (χ2n) is 4.15. The van der Waals surface area contributed by atoms with E-state index in [0.29, 0.717) is 12.1 Å². The number of nitrogens with zero attached hydrogens (tertiary/aromatic N) is 2. The molecule has 0 unspecified atom stereocenters. The van der Waals surface area contributed by atoms with Crippen LogP contribution in [0.2, 0.25) is 0 Å². The van der Waals surface area contributed by atoms with Gasteiger partial charge in [-0.1, -0.05) is 0 Å². The van der Waals surface area contributed by atoms with E-state index < -0.39 is 10.2 Å². The topological polar surface area (TPSA) is 118 Å². The molecular weight excluding hydrogens is 264 g/mol. The molecule has 0 saturated heterocycles. The molecule has 1 aromatic heterocycles. The van der Waals surface area contributed by atoms with Gasteiger partial charge in [-0.15, -0.1) is 10.2 Å². The van der Waals surface area contributed by atoms with Crippen LogP contribution in [0.25, 0.3) is 0 Å². The Kier molecular flexibility index (Phi) is 6.44. The molecule has 0 spiro atoms. The van der Waals surface area contributed by atoms with Crippen LogP contribution in [0, 0.1) is 10.2 Å². The van der Waals surface area contributed by atoms with Crippen molar-refractivity contribution in [3.05, 3.63) is 18.2 Å². The van der Waals surface area contributed by atoms with E-state index in [9.17, 15) is 4.79 Å². The Balaban J connectivity index is 0.000000494. The summed E-state index contributed by atoms with van der Waals surface area (Å²) in [6, 6.07) is 0.667. The molecule has 0 aliphatic heterocycles. The summed E-state index contributed by atoms with van der Waals surface area (Å²) in [5.74, 6) is 0.741. The Morgan fingerprint density at radius 3 is 1.94 bits per heavy atom. The molecule has 0 N–H and O–H groups in total. The molecule has 0 aromatic carbocycles. The number of aromatic nitrogens is 2. The highest BCUT2D eigenvalue weighted by Gasteiger charge is 2.19. The fourth-order valence-electron chi connectivity index (χ4n) is 1.42. The normalized spacial score (nSPS) is 11.4. The lowest BCUT2D eigenvalue weighted by Crippen LogP contribution is -2.68. The summed E-state index contributed by atoms with van der Waals surface area (Å²) in [5, 5.41) is 0. The van der Waals surface area contributed by atoms with Crippen LogP contribution >= 0.6 is 0 Å². The zero-order valence-electron chi connectivity index (χ0n) is 10.7. The largest absolute Gasteiger partial charge is 0.322 e. The predicted octanol–water partition coefficient (Wildman–Crippen LogP) is -3.01. The summed E-state index contributed by atoms with van der Waals surface area (Å²) >= 11 is 0. The van der Waals surface area contributed by atoms with Crippen LogP contribution in [0.5, 0.6) is 0 Å². The molecule has 0 bridgehead atoms. The van der Waals surface area contributed by atoms with E-state index in [0.717, 1.165) is 12.1 Å². The third kappa shape index (κ3) is 6.08. The molecule has 7 nitrogen and oxygen atoms in total. The van der Waals surface area contributed by atoms with Gasteiger partial charge in [-0.2, -0.15) is 0 Å². The highest BCUT2D eigenvalue weighted by atomic mass is 35.7. The first kappa shape index (κ1) is 17.0. The number of hydrogen-bond donors (Lipinski definition) is 0. The van der Waals surface area contributed by atoms with E-state index in [1.165, 1.54) is 0 Å². The zero-order chi connectivity index (χ0) is 14.5. The third-order valence-corrected chi connectivity index (χ3v) is 2.14. The van der Waals surface area contributed by atoms with Crippen molar-refractivity contribution in [3.63, 3.8) is 0 Å². The van der Waals surface area contributed by atoms with Gasteiger partial charge < -0.3 is 0 Å². The number of carbonyl (C=O) groups excluding carboxylic acids is 1. The molecular formula is C10H17ClN2O5. The van der Waals surface area contributed by atoms with E-state index in [2.05, 4.69) is 27.7 Å². The summed E-state index contributed by atoms with van der Waals surface area (Å²) in [6.07, 6.45) is 4.82. The first-order valence-corrected chi connectivity index (χ1v) is 6.50. The summed E-state index contributed by atoms with van der Waals surface area (Å²) in [5.41, 5.74) is 0. The van der Waals surface area contributed by atoms with Crippen molar-refractivity contribution in [2.24, 2.45) is 0 Å². The van der Waals surface area contributed by atoms with Gasteiger partial charge in [-0.3, -0.25) is 4.79 Å². The van der Waals surface area contributed by atoms with Gasteiger partial charge in [0, 0.05) is 0 Å². The van der Waals surface area contributed by atoms with Crippen LogP contribution in [-0.4, -0.2) is 10.9 Å². The second-order valence-corrected chi connectivity index (χ2v) is 4.91. The van der Waals surface area contributed by atoms with Gasteiger partial charge in [0.15, 0.2) is 0 Å². The maximum Gasteiger partial charge on any atom is 0.322 e. The minimum Gasteiger partial charge on any atom is -0.289 e. The van der Waals surface area contributed by atoms with Crippen LogP contribution in [-0.2, 0) is 0 Å². The molecule has 104 valence electrons. The highest BCUT2D eigenvalue weighted by Crippen LogP contribution is 2.06. The molecule has 8 heteroatoms. The smallest absolute Gasteiger partial charge is 0.289 e. The van der Waals surface area contributed by atoms with Gasteiger partial charge in [-0.05, 0) is 27.7 Å². The van der Waals surface area contributed by atoms with Gasteiger partial charge in [0.2, 0.25) is 6.29 Å². The summed E-state index contributed by atoms with van der Waals surface area (Å²) in [7, 11) is -4.94. The molecule has 0 aliphatic carbocycles. The standard InChI is InChI=1S/C10H17N2O.ClHO4/c1-8(2)11-5-6-12(9(3)4)10(11)7-13;2-1(3,4)5/h5-9H,1-4H3;(H,2,3,4,5)/q+1;/p-1. The molecule has 0 aliphatic rings. The summed E-state index contributed by atoms with van der Waals surface area (Å²) < 4.78 is 37.9. The molecule has 0 saturated carbocycles. The van der Waals surface area contributed by atoms with E-state index in [1.54, 1.807) is 0 Å². The van der Waals surface area contributed by atoms with Crippen molar-refractivity contribution in [1.82, 2.24) is 4.57 Å². The van der Waals surface area contributed by atoms with Crippen molar-refractivity contribution >= 4 is 6.29 Å². The third-order valence-electron chi connectivity index (χ3n) is 2.14. The van der Waals surface area contributed by atoms with Crippen LogP contribution in [0.1, 0.15) is 50.4 Å². The lowest BCUT2D eigenvalue weighted by Gasteiger charge is -2.17. The number of rotatable bonds is 3. The molecule has 1 heterocycles. The Hall–Kier alpha value is -0.990. The predicted molar refractivity (Wildman–Crippen MR) is 50.8 cm³/mol. The minimum absolute atomic E-state index is 0.334. The van der Waals surface area contributed by atoms with Gasteiger partial charge >= 0.3 is 5.82 Å². The van der Waals surface area contributed by atoms with E-state index in [1.807, 2.05) is 21.5 Å². The Morgan fingerprint density at radius 1 is 1.22 bits per heavy atom. The van der Waals surface area contributed by atoms with Crippen LogP contribution in [0.3, 0.4) is 0 Å². The Bertz CT molecular complexity index is 353.